The predicted octanol–water partition coefficient (Wildman–Crippen LogP) is 3.38. The van der Waals surface area contributed by atoms with E-state index < -0.39 is 0 Å². The van der Waals surface area contributed by atoms with Gasteiger partial charge in [-0.15, -0.1) is 0 Å². The number of nitrogens with two attached hydrogens (primary N) is 1. The lowest BCUT2D eigenvalue weighted by Gasteiger charge is -2.26. The van der Waals surface area contributed by atoms with Gasteiger partial charge in [-0.1, -0.05) is 56.3 Å². The predicted molar refractivity (Wildman–Crippen MR) is 103 cm³/mol. The minimum Gasteiger partial charge on any atom is -0.493 e. The van der Waals surface area contributed by atoms with Crippen molar-refractivity contribution in [3.63, 3.8) is 0 Å². The number of hydrogen-bond donors (Lipinski definition) is 1. The van der Waals surface area contributed by atoms with Crippen molar-refractivity contribution in [3.05, 3.63) is 65.7 Å². The summed E-state index contributed by atoms with van der Waals surface area (Å²) in [5.41, 5.74) is 2.63. The first kappa shape index (κ1) is 19.5. The topological polar surface area (TPSA) is 35.1 Å². The van der Waals surface area contributed by atoms with E-state index in [-0.39, 0.29) is 5.41 Å². The Labute approximate surface area is 152 Å². The van der Waals surface area contributed by atoms with Crippen molar-refractivity contribution in [1.29, 1.82) is 0 Å². The van der Waals surface area contributed by atoms with Gasteiger partial charge in [-0.25, -0.2) is 0 Å². The monoisotopic (exact) mass is 342 g/mol. The first-order chi connectivity index (χ1) is 12.1. The van der Waals surface area contributed by atoms with Gasteiger partial charge in [0, 0.05) is 25.4 Å². The lowest BCUT2D eigenvalue weighted by Crippen LogP contribution is -2.84. The lowest BCUT2D eigenvalue weighted by atomic mass is 9.78. The Morgan fingerprint density at radius 2 is 1.40 bits per heavy atom. The maximum absolute atomic E-state index is 5.86. The zero-order valence-corrected chi connectivity index (χ0v) is 15.8. The molecule has 3 nitrogen and oxygen atoms in total. The van der Waals surface area contributed by atoms with Crippen LogP contribution in [-0.2, 0) is 10.2 Å². The normalized spacial score (nSPS) is 11.5. The summed E-state index contributed by atoms with van der Waals surface area (Å²) in [4.78, 5) is 0. The van der Waals surface area contributed by atoms with Gasteiger partial charge in [-0.2, -0.15) is 0 Å². The second-order valence-electron chi connectivity index (χ2n) is 6.93. The Kier molecular flexibility index (Phi) is 7.96. The number of methoxy groups -OCH3 is 1. The highest BCUT2D eigenvalue weighted by atomic mass is 16.5. The maximum atomic E-state index is 5.86. The minimum absolute atomic E-state index is 0.00302. The summed E-state index contributed by atoms with van der Waals surface area (Å²) in [6.45, 7) is 8.36. The van der Waals surface area contributed by atoms with Crippen molar-refractivity contribution in [2.24, 2.45) is 0 Å². The van der Waals surface area contributed by atoms with Crippen LogP contribution >= 0.6 is 0 Å². The molecule has 3 heteroatoms. The highest BCUT2D eigenvalue weighted by Gasteiger charge is 2.22. The Morgan fingerprint density at radius 1 is 0.800 bits per heavy atom. The van der Waals surface area contributed by atoms with E-state index in [1.54, 1.807) is 7.11 Å². The van der Waals surface area contributed by atoms with Gasteiger partial charge in [0.25, 0.3) is 0 Å². The van der Waals surface area contributed by atoms with Gasteiger partial charge in [-0.05, 0) is 23.3 Å². The molecule has 0 aromatic heterocycles. The largest absolute Gasteiger partial charge is 0.493 e. The fourth-order valence-electron chi connectivity index (χ4n) is 2.92. The molecule has 0 atom stereocenters. The van der Waals surface area contributed by atoms with Gasteiger partial charge < -0.3 is 14.8 Å². The molecule has 0 saturated carbocycles. The van der Waals surface area contributed by atoms with Gasteiger partial charge in [0.2, 0.25) is 0 Å². The average molecular weight is 343 g/mol. The average Bonchev–Trinajstić information content (AvgIpc) is 2.65. The van der Waals surface area contributed by atoms with Crippen LogP contribution < -0.4 is 10.1 Å². The number of rotatable bonds is 11. The molecule has 0 unspecified atom stereocenters. The number of quaternary nitrogens is 1. The molecule has 2 aromatic carbocycles. The van der Waals surface area contributed by atoms with Crippen LogP contribution in [0.3, 0.4) is 0 Å². The van der Waals surface area contributed by atoms with Crippen LogP contribution in [0.2, 0.25) is 0 Å². The smallest absolute Gasteiger partial charge is 0.119 e. The van der Waals surface area contributed by atoms with Crippen molar-refractivity contribution in [1.82, 2.24) is 0 Å². The summed E-state index contributed by atoms with van der Waals surface area (Å²) in [6.07, 6.45) is 2.17. The first-order valence-electron chi connectivity index (χ1n) is 9.24. The Bertz CT molecular complexity index is 593. The van der Waals surface area contributed by atoms with Crippen molar-refractivity contribution < 1.29 is 14.8 Å². The molecule has 2 rings (SSSR count). The van der Waals surface area contributed by atoms with E-state index in [2.05, 4.69) is 73.8 Å². The molecule has 0 amide bonds. The molecular formula is C22H32NO2+. The van der Waals surface area contributed by atoms with Crippen LogP contribution in [0, 0.1) is 0 Å². The van der Waals surface area contributed by atoms with Crippen LogP contribution in [0.1, 0.15) is 37.8 Å². The summed E-state index contributed by atoms with van der Waals surface area (Å²) in [6, 6.07) is 19.2. The van der Waals surface area contributed by atoms with E-state index in [0.717, 1.165) is 44.9 Å². The van der Waals surface area contributed by atoms with Crippen molar-refractivity contribution in [2.75, 3.05) is 33.4 Å². The lowest BCUT2D eigenvalue weighted by molar-refractivity contribution is -0.655. The first-order valence-corrected chi connectivity index (χ1v) is 9.24. The number of ether oxygens (including phenoxy) is 2. The van der Waals surface area contributed by atoms with E-state index in [9.17, 15) is 0 Å². The van der Waals surface area contributed by atoms with Crippen LogP contribution in [0.15, 0.2) is 54.6 Å². The van der Waals surface area contributed by atoms with Gasteiger partial charge in [0.15, 0.2) is 0 Å². The molecule has 0 saturated heterocycles. The number of hydrogen-bond acceptors (Lipinski definition) is 2. The summed E-state index contributed by atoms with van der Waals surface area (Å²) in [7, 11) is 1.75. The molecule has 136 valence electrons. The fraction of sp³-hybridized carbons (Fsp3) is 0.455. The maximum Gasteiger partial charge on any atom is 0.119 e. The van der Waals surface area contributed by atoms with Gasteiger partial charge in [0.1, 0.15) is 5.75 Å². The molecule has 0 aliphatic carbocycles. The zero-order chi connectivity index (χ0) is 18.0. The molecule has 25 heavy (non-hydrogen) atoms. The van der Waals surface area contributed by atoms with Gasteiger partial charge >= 0.3 is 0 Å². The third-order valence-electron chi connectivity index (χ3n) is 4.65. The molecule has 0 heterocycles. The summed E-state index contributed by atoms with van der Waals surface area (Å²) < 4.78 is 10.9. The Balaban J connectivity index is 1.76. The van der Waals surface area contributed by atoms with Crippen molar-refractivity contribution >= 4 is 0 Å². The molecule has 0 aliphatic heterocycles. The highest BCUT2D eigenvalue weighted by molar-refractivity contribution is 5.39. The number of benzene rings is 2. The van der Waals surface area contributed by atoms with Crippen LogP contribution in [-0.4, -0.2) is 33.4 Å². The Hall–Kier alpha value is -1.84. The summed E-state index contributed by atoms with van der Waals surface area (Å²) in [5, 5.41) is 2.33. The van der Waals surface area contributed by atoms with E-state index >= 15 is 0 Å². The second-order valence-corrected chi connectivity index (χ2v) is 6.93. The molecule has 0 spiro atoms. The molecular weight excluding hydrogens is 310 g/mol. The minimum atomic E-state index is -0.00302. The summed E-state index contributed by atoms with van der Waals surface area (Å²) in [5.74, 6) is 0.951. The SMILES string of the molecule is COCCC[NH2+]CCCOc1ccc(C(C)(C)c2ccccc2)cc1. The molecule has 0 radical (unpaired) electrons. The van der Waals surface area contributed by atoms with Crippen molar-refractivity contribution in [3.8, 4) is 5.75 Å². The van der Waals surface area contributed by atoms with Gasteiger partial charge in [0.05, 0.1) is 26.3 Å². The van der Waals surface area contributed by atoms with Gasteiger partial charge in [-0.3, -0.25) is 0 Å². The zero-order valence-electron chi connectivity index (χ0n) is 15.8. The molecule has 0 bridgehead atoms. The summed E-state index contributed by atoms with van der Waals surface area (Å²) >= 11 is 0. The Morgan fingerprint density at radius 3 is 2.04 bits per heavy atom. The fourth-order valence-corrected chi connectivity index (χ4v) is 2.92. The molecule has 0 aliphatic rings. The van der Waals surface area contributed by atoms with Crippen LogP contribution in [0.25, 0.3) is 0 Å². The second kappa shape index (κ2) is 10.2. The quantitative estimate of drug-likeness (QED) is 0.635. The highest BCUT2D eigenvalue weighted by Crippen LogP contribution is 2.32. The third-order valence-corrected chi connectivity index (χ3v) is 4.65. The molecule has 0 fully saturated rings. The van der Waals surface area contributed by atoms with Crippen molar-refractivity contribution in [2.45, 2.75) is 32.1 Å². The molecule has 2 N–H and O–H groups in total. The van der Waals surface area contributed by atoms with E-state index in [4.69, 9.17) is 9.47 Å². The molecule has 2 aromatic rings. The van der Waals surface area contributed by atoms with E-state index in [1.807, 2.05) is 0 Å². The third kappa shape index (κ3) is 6.18. The van der Waals surface area contributed by atoms with Crippen LogP contribution in [0.4, 0.5) is 0 Å². The van der Waals surface area contributed by atoms with Crippen LogP contribution in [0.5, 0.6) is 5.75 Å². The van der Waals surface area contributed by atoms with E-state index in [0.29, 0.717) is 0 Å². The standard InChI is InChI=1S/C22H31NO2/c1-22(2,19-9-5-4-6-10-19)20-11-13-21(14-12-20)25-18-8-16-23-15-7-17-24-3/h4-6,9-14,23H,7-8,15-18H2,1-3H3/p+1. The van der Waals surface area contributed by atoms with E-state index in [1.165, 1.54) is 11.1 Å².